The smallest absolute Gasteiger partial charge is 0.291 e. The van der Waals surface area contributed by atoms with Crippen LogP contribution in [0.5, 0.6) is 0 Å². The Morgan fingerprint density at radius 2 is 2.28 bits per heavy atom. The van der Waals surface area contributed by atoms with E-state index >= 15 is 0 Å². The molecule has 18 heavy (non-hydrogen) atoms. The Kier molecular flexibility index (Phi) is 3.11. The lowest BCUT2D eigenvalue weighted by molar-refractivity contribution is 0.0996. The SMILES string of the molecule is Cc1c(F)cc(C#N)cc1NC(=O)c1ccco1. The second kappa shape index (κ2) is 4.72. The molecule has 2 aromatic rings. The van der Waals surface area contributed by atoms with Gasteiger partial charge in [-0.1, -0.05) is 0 Å². The van der Waals surface area contributed by atoms with Gasteiger partial charge in [0.1, 0.15) is 5.82 Å². The molecule has 1 N–H and O–H groups in total. The maximum Gasteiger partial charge on any atom is 0.291 e. The fraction of sp³-hybridized carbons (Fsp3) is 0.0769. The number of hydrogen-bond acceptors (Lipinski definition) is 3. The molecular weight excluding hydrogens is 235 g/mol. The summed E-state index contributed by atoms with van der Waals surface area (Å²) in [6, 6.07) is 7.44. The molecule has 0 aliphatic carbocycles. The van der Waals surface area contributed by atoms with Gasteiger partial charge in [0.05, 0.1) is 17.9 Å². The standard InChI is InChI=1S/C13H9FN2O2/c1-8-10(14)5-9(7-15)6-11(8)16-13(17)12-3-2-4-18-12/h2-6H,1H3,(H,16,17). The van der Waals surface area contributed by atoms with Gasteiger partial charge in [-0.15, -0.1) is 0 Å². The van der Waals surface area contributed by atoms with Crippen molar-refractivity contribution in [3.8, 4) is 6.07 Å². The molecule has 0 atom stereocenters. The van der Waals surface area contributed by atoms with Gasteiger partial charge in [-0.05, 0) is 31.2 Å². The number of amides is 1. The molecule has 0 radical (unpaired) electrons. The zero-order chi connectivity index (χ0) is 13.1. The first kappa shape index (κ1) is 11.9. The average molecular weight is 244 g/mol. The van der Waals surface area contributed by atoms with Crippen LogP contribution in [0.3, 0.4) is 0 Å². The van der Waals surface area contributed by atoms with Crippen molar-refractivity contribution in [3.63, 3.8) is 0 Å². The summed E-state index contributed by atoms with van der Waals surface area (Å²) >= 11 is 0. The first-order valence-corrected chi connectivity index (χ1v) is 5.17. The van der Waals surface area contributed by atoms with E-state index < -0.39 is 11.7 Å². The van der Waals surface area contributed by atoms with Crippen molar-refractivity contribution in [1.29, 1.82) is 5.26 Å². The first-order valence-electron chi connectivity index (χ1n) is 5.17. The van der Waals surface area contributed by atoms with E-state index in [9.17, 15) is 9.18 Å². The zero-order valence-corrected chi connectivity index (χ0v) is 9.53. The maximum absolute atomic E-state index is 13.5. The van der Waals surface area contributed by atoms with E-state index in [1.165, 1.54) is 25.3 Å². The predicted octanol–water partition coefficient (Wildman–Crippen LogP) is 2.85. The molecule has 5 heteroatoms. The van der Waals surface area contributed by atoms with Gasteiger partial charge >= 0.3 is 0 Å². The topological polar surface area (TPSA) is 66.0 Å². The lowest BCUT2D eigenvalue weighted by Crippen LogP contribution is -2.12. The highest BCUT2D eigenvalue weighted by Gasteiger charge is 2.13. The van der Waals surface area contributed by atoms with Gasteiger partial charge in [0, 0.05) is 11.3 Å². The monoisotopic (exact) mass is 244 g/mol. The van der Waals surface area contributed by atoms with Gasteiger partial charge in [0.25, 0.3) is 5.91 Å². The molecule has 0 unspecified atom stereocenters. The molecule has 0 fully saturated rings. The Labute approximate surface area is 103 Å². The fourth-order valence-electron chi connectivity index (χ4n) is 1.46. The summed E-state index contributed by atoms with van der Waals surface area (Å²) in [6.07, 6.45) is 1.37. The van der Waals surface area contributed by atoms with Crippen LogP contribution in [-0.2, 0) is 0 Å². The molecule has 0 saturated carbocycles. The molecule has 0 bridgehead atoms. The number of halogens is 1. The second-order valence-corrected chi connectivity index (χ2v) is 3.67. The maximum atomic E-state index is 13.5. The number of anilines is 1. The van der Waals surface area contributed by atoms with Crippen LogP contribution in [0.2, 0.25) is 0 Å². The Morgan fingerprint density at radius 1 is 1.50 bits per heavy atom. The van der Waals surface area contributed by atoms with Crippen LogP contribution in [0, 0.1) is 24.1 Å². The van der Waals surface area contributed by atoms with Gasteiger partial charge in [-0.25, -0.2) is 4.39 Å². The number of benzene rings is 1. The molecule has 0 aliphatic rings. The summed E-state index contributed by atoms with van der Waals surface area (Å²) in [5.74, 6) is -0.904. The highest BCUT2D eigenvalue weighted by molar-refractivity contribution is 6.02. The minimum Gasteiger partial charge on any atom is -0.459 e. The molecule has 90 valence electrons. The van der Waals surface area contributed by atoms with Gasteiger partial charge < -0.3 is 9.73 Å². The number of nitrogens with zero attached hydrogens (tertiary/aromatic N) is 1. The van der Waals surface area contributed by atoms with Crippen LogP contribution in [-0.4, -0.2) is 5.91 Å². The van der Waals surface area contributed by atoms with Gasteiger partial charge in [0.2, 0.25) is 0 Å². The van der Waals surface area contributed by atoms with Crippen LogP contribution in [0.25, 0.3) is 0 Å². The quantitative estimate of drug-likeness (QED) is 0.883. The normalized spacial score (nSPS) is 9.83. The molecule has 0 saturated heterocycles. The van der Waals surface area contributed by atoms with Crippen LogP contribution in [0.15, 0.2) is 34.9 Å². The summed E-state index contributed by atoms with van der Waals surface area (Å²) in [5, 5.41) is 11.3. The van der Waals surface area contributed by atoms with Gasteiger partial charge in [-0.2, -0.15) is 5.26 Å². The predicted molar refractivity (Wildman–Crippen MR) is 62.5 cm³/mol. The van der Waals surface area contributed by atoms with Crippen molar-refractivity contribution in [1.82, 2.24) is 0 Å². The third-order valence-electron chi connectivity index (χ3n) is 2.47. The molecule has 0 spiro atoms. The van der Waals surface area contributed by atoms with Crippen molar-refractivity contribution in [2.45, 2.75) is 6.92 Å². The van der Waals surface area contributed by atoms with E-state index in [-0.39, 0.29) is 22.6 Å². The highest BCUT2D eigenvalue weighted by Crippen LogP contribution is 2.21. The van der Waals surface area contributed by atoms with Crippen molar-refractivity contribution in [2.24, 2.45) is 0 Å². The number of rotatable bonds is 2. The van der Waals surface area contributed by atoms with E-state index in [0.29, 0.717) is 0 Å². The minimum atomic E-state index is -0.538. The Hall–Kier alpha value is -2.61. The van der Waals surface area contributed by atoms with E-state index in [4.69, 9.17) is 9.68 Å². The number of furan rings is 1. The summed E-state index contributed by atoms with van der Waals surface area (Å²) in [6.45, 7) is 1.52. The molecule has 1 heterocycles. The number of hydrogen-bond donors (Lipinski definition) is 1. The molecule has 4 nitrogen and oxygen atoms in total. The number of nitriles is 1. The van der Waals surface area contributed by atoms with Crippen LogP contribution < -0.4 is 5.32 Å². The second-order valence-electron chi connectivity index (χ2n) is 3.67. The van der Waals surface area contributed by atoms with Crippen LogP contribution in [0.1, 0.15) is 21.7 Å². The Balaban J connectivity index is 2.32. The van der Waals surface area contributed by atoms with Crippen LogP contribution in [0.4, 0.5) is 10.1 Å². The molecule has 0 aliphatic heterocycles. The number of carbonyl (C=O) groups is 1. The molecule has 1 aromatic carbocycles. The van der Waals surface area contributed by atoms with Gasteiger partial charge in [-0.3, -0.25) is 4.79 Å². The van der Waals surface area contributed by atoms with Crippen LogP contribution >= 0.6 is 0 Å². The number of carbonyl (C=O) groups excluding carboxylic acids is 1. The summed E-state index contributed by atoms with van der Waals surface area (Å²) in [5.41, 5.74) is 0.676. The Morgan fingerprint density at radius 3 is 2.89 bits per heavy atom. The van der Waals surface area contributed by atoms with E-state index in [1.807, 2.05) is 6.07 Å². The highest BCUT2D eigenvalue weighted by atomic mass is 19.1. The first-order chi connectivity index (χ1) is 8.61. The largest absolute Gasteiger partial charge is 0.459 e. The number of nitrogens with one attached hydrogen (secondary N) is 1. The minimum absolute atomic E-state index is 0.122. The molecule has 2 rings (SSSR count). The molecule has 1 amide bonds. The van der Waals surface area contributed by atoms with Crippen molar-refractivity contribution in [2.75, 3.05) is 5.32 Å². The third-order valence-corrected chi connectivity index (χ3v) is 2.47. The zero-order valence-electron chi connectivity index (χ0n) is 9.53. The lowest BCUT2D eigenvalue weighted by atomic mass is 10.1. The fourth-order valence-corrected chi connectivity index (χ4v) is 1.46. The molecule has 1 aromatic heterocycles. The van der Waals surface area contributed by atoms with Gasteiger partial charge in [0.15, 0.2) is 5.76 Å². The van der Waals surface area contributed by atoms with E-state index in [2.05, 4.69) is 5.32 Å². The average Bonchev–Trinajstić information content (AvgIpc) is 2.88. The summed E-state index contributed by atoms with van der Waals surface area (Å²) < 4.78 is 18.4. The summed E-state index contributed by atoms with van der Waals surface area (Å²) in [4.78, 5) is 11.7. The van der Waals surface area contributed by atoms with E-state index in [0.717, 1.165) is 6.07 Å². The van der Waals surface area contributed by atoms with Crippen molar-refractivity contribution in [3.05, 3.63) is 53.2 Å². The lowest BCUT2D eigenvalue weighted by Gasteiger charge is -2.08. The van der Waals surface area contributed by atoms with Crippen molar-refractivity contribution < 1.29 is 13.6 Å². The molecular formula is C13H9FN2O2. The summed E-state index contributed by atoms with van der Waals surface area (Å²) in [7, 11) is 0. The third kappa shape index (κ3) is 2.23. The van der Waals surface area contributed by atoms with Crippen molar-refractivity contribution >= 4 is 11.6 Å². The Bertz CT molecular complexity index is 627. The van der Waals surface area contributed by atoms with E-state index in [1.54, 1.807) is 6.07 Å².